The first-order valence-electron chi connectivity index (χ1n) is 10.5. The number of methoxy groups -OCH3 is 1. The Morgan fingerprint density at radius 1 is 1.06 bits per heavy atom. The summed E-state index contributed by atoms with van der Waals surface area (Å²) in [6.45, 7) is 2.22. The van der Waals surface area contributed by atoms with E-state index in [-0.39, 0.29) is 5.91 Å². The first-order valence-corrected chi connectivity index (χ1v) is 11.3. The van der Waals surface area contributed by atoms with Crippen molar-refractivity contribution in [3.8, 4) is 11.5 Å². The van der Waals surface area contributed by atoms with Crippen molar-refractivity contribution in [2.45, 2.75) is 32.1 Å². The summed E-state index contributed by atoms with van der Waals surface area (Å²) in [5, 5.41) is 3.65. The number of anilines is 1. The van der Waals surface area contributed by atoms with Crippen molar-refractivity contribution >= 4 is 28.2 Å². The quantitative estimate of drug-likeness (QED) is 0.551. The van der Waals surface area contributed by atoms with Crippen LogP contribution in [0.15, 0.2) is 48.5 Å². The summed E-state index contributed by atoms with van der Waals surface area (Å²) in [6.07, 6.45) is 2.78. The topological polar surface area (TPSA) is 64.6 Å². The van der Waals surface area contributed by atoms with Crippen molar-refractivity contribution in [1.82, 2.24) is 0 Å². The number of benzene rings is 2. The van der Waals surface area contributed by atoms with Crippen LogP contribution in [-0.2, 0) is 22.4 Å². The molecule has 1 N–H and O–H groups in total. The molecule has 1 aromatic heterocycles. The van der Waals surface area contributed by atoms with Gasteiger partial charge in [0.2, 0.25) is 5.91 Å². The van der Waals surface area contributed by atoms with Crippen molar-refractivity contribution in [2.75, 3.05) is 12.4 Å². The molecule has 5 rings (SSSR count). The van der Waals surface area contributed by atoms with E-state index in [1.54, 1.807) is 0 Å². The van der Waals surface area contributed by atoms with Crippen LogP contribution in [0.1, 0.15) is 51.2 Å². The molecule has 0 spiro atoms. The van der Waals surface area contributed by atoms with Crippen LogP contribution in [0.2, 0.25) is 0 Å². The minimum absolute atomic E-state index is 0.181. The van der Waals surface area contributed by atoms with Gasteiger partial charge in [0.15, 0.2) is 0 Å². The molecule has 1 amide bonds. The van der Waals surface area contributed by atoms with E-state index in [4.69, 9.17) is 9.47 Å². The fourth-order valence-electron chi connectivity index (χ4n) is 4.53. The Morgan fingerprint density at radius 3 is 2.35 bits per heavy atom. The van der Waals surface area contributed by atoms with Gasteiger partial charge < -0.3 is 14.8 Å². The summed E-state index contributed by atoms with van der Waals surface area (Å²) < 4.78 is 11.1. The maximum atomic E-state index is 13.6. The molecular weight excluding hydrogens is 410 g/mol. The number of nitrogens with one attached hydrogen (secondary N) is 1. The third-order valence-corrected chi connectivity index (χ3v) is 7.25. The van der Waals surface area contributed by atoms with Crippen LogP contribution in [0.3, 0.4) is 0 Å². The number of hydrogen-bond acceptors (Lipinski definition) is 5. The van der Waals surface area contributed by atoms with Crippen molar-refractivity contribution < 1.29 is 19.1 Å². The highest BCUT2D eigenvalue weighted by atomic mass is 32.1. The molecule has 0 fully saturated rings. The zero-order valence-electron chi connectivity index (χ0n) is 17.4. The highest BCUT2D eigenvalue weighted by Gasteiger charge is 2.35. The molecule has 0 saturated carbocycles. The Hall–Kier alpha value is -3.12. The number of esters is 1. The van der Waals surface area contributed by atoms with Gasteiger partial charge in [-0.05, 0) is 42.9 Å². The molecule has 6 heteroatoms. The zero-order valence-corrected chi connectivity index (χ0v) is 18.3. The second kappa shape index (κ2) is 7.85. The van der Waals surface area contributed by atoms with Gasteiger partial charge in [-0.25, -0.2) is 4.79 Å². The second-order valence-corrected chi connectivity index (χ2v) is 9.25. The summed E-state index contributed by atoms with van der Waals surface area (Å²) in [5.41, 5.74) is 3.16. The Bertz CT molecular complexity index is 1140. The molecule has 0 radical (unpaired) electrons. The molecule has 31 heavy (non-hydrogen) atoms. The van der Waals surface area contributed by atoms with E-state index in [0.717, 1.165) is 36.0 Å². The van der Waals surface area contributed by atoms with Crippen LogP contribution in [0.4, 0.5) is 5.00 Å². The summed E-state index contributed by atoms with van der Waals surface area (Å²) in [4.78, 5) is 27.4. The van der Waals surface area contributed by atoms with Gasteiger partial charge in [0.25, 0.3) is 0 Å². The van der Waals surface area contributed by atoms with E-state index < -0.39 is 11.9 Å². The average Bonchev–Trinajstić information content (AvgIpc) is 3.13. The molecule has 3 aromatic rings. The molecule has 0 bridgehead atoms. The molecule has 0 saturated heterocycles. The zero-order chi connectivity index (χ0) is 21.5. The number of thiophene rings is 1. The fraction of sp³-hybridized carbons (Fsp3) is 0.280. The smallest absolute Gasteiger partial charge is 0.341 e. The molecule has 1 aliphatic heterocycles. The molecule has 5 nitrogen and oxygen atoms in total. The first kappa shape index (κ1) is 19.8. The van der Waals surface area contributed by atoms with E-state index in [1.165, 1.54) is 23.3 Å². The normalized spacial score (nSPS) is 17.0. The number of rotatable bonds is 3. The number of para-hydroxylation sites is 2. The number of hydrogen-bond donors (Lipinski definition) is 1. The van der Waals surface area contributed by atoms with Crippen molar-refractivity contribution in [2.24, 2.45) is 5.92 Å². The standard InChI is InChI=1S/C25H23NO4S/c1-14-11-12-17-20(13-14)31-24(22(17)25(28)29-2)26-23(27)21-15-7-3-5-9-18(15)30-19-10-6-4-8-16(19)21/h3-10,14,21H,11-13H2,1-2H3,(H,26,27)/t14-/m0/s1. The molecule has 2 heterocycles. The molecule has 0 unspecified atom stereocenters. The molecule has 2 aromatic carbocycles. The average molecular weight is 434 g/mol. The number of carbonyl (C=O) groups excluding carboxylic acids is 2. The minimum atomic E-state index is -0.523. The van der Waals surface area contributed by atoms with Gasteiger partial charge in [-0.2, -0.15) is 0 Å². The van der Waals surface area contributed by atoms with Gasteiger partial charge in [0.1, 0.15) is 16.5 Å². The SMILES string of the molecule is COC(=O)c1c(NC(=O)C2c3ccccc3Oc3ccccc32)sc2c1CC[C@H](C)C2. The number of fused-ring (bicyclic) bond motifs is 3. The largest absolute Gasteiger partial charge is 0.465 e. The first-order chi connectivity index (χ1) is 15.1. The Morgan fingerprint density at radius 2 is 1.71 bits per heavy atom. The van der Waals surface area contributed by atoms with Crippen LogP contribution < -0.4 is 10.1 Å². The van der Waals surface area contributed by atoms with Crippen LogP contribution >= 0.6 is 11.3 Å². The lowest BCUT2D eigenvalue weighted by Gasteiger charge is -2.27. The van der Waals surface area contributed by atoms with E-state index in [1.807, 2.05) is 48.5 Å². The third-order valence-electron chi connectivity index (χ3n) is 6.08. The number of amides is 1. The van der Waals surface area contributed by atoms with Gasteiger partial charge in [0, 0.05) is 16.0 Å². The van der Waals surface area contributed by atoms with Crippen molar-refractivity contribution in [3.05, 3.63) is 75.7 Å². The Balaban J connectivity index is 1.55. The lowest BCUT2D eigenvalue weighted by molar-refractivity contribution is -0.116. The van der Waals surface area contributed by atoms with Crippen molar-refractivity contribution in [1.29, 1.82) is 0 Å². The maximum absolute atomic E-state index is 13.6. The van der Waals surface area contributed by atoms with Crippen LogP contribution in [-0.4, -0.2) is 19.0 Å². The van der Waals surface area contributed by atoms with Crippen LogP contribution in [0, 0.1) is 5.92 Å². The number of ether oxygens (including phenoxy) is 2. The summed E-state index contributed by atoms with van der Waals surface area (Å²) >= 11 is 1.50. The highest BCUT2D eigenvalue weighted by molar-refractivity contribution is 7.17. The number of carbonyl (C=O) groups is 2. The van der Waals surface area contributed by atoms with Gasteiger partial charge >= 0.3 is 5.97 Å². The van der Waals surface area contributed by atoms with Gasteiger partial charge in [-0.15, -0.1) is 11.3 Å². The maximum Gasteiger partial charge on any atom is 0.341 e. The summed E-state index contributed by atoms with van der Waals surface area (Å²) in [7, 11) is 1.38. The van der Waals surface area contributed by atoms with Crippen LogP contribution in [0.25, 0.3) is 0 Å². The van der Waals surface area contributed by atoms with Gasteiger partial charge in [0.05, 0.1) is 18.6 Å². The van der Waals surface area contributed by atoms with Crippen molar-refractivity contribution in [3.63, 3.8) is 0 Å². The molecule has 1 aliphatic carbocycles. The van der Waals surface area contributed by atoms with E-state index in [2.05, 4.69) is 12.2 Å². The third kappa shape index (κ3) is 3.41. The fourth-order valence-corrected chi connectivity index (χ4v) is 5.94. The van der Waals surface area contributed by atoms with E-state index in [9.17, 15) is 9.59 Å². The highest BCUT2D eigenvalue weighted by Crippen LogP contribution is 2.45. The minimum Gasteiger partial charge on any atom is -0.465 e. The van der Waals surface area contributed by atoms with Crippen LogP contribution in [0.5, 0.6) is 11.5 Å². The van der Waals surface area contributed by atoms with Gasteiger partial charge in [-0.3, -0.25) is 4.79 Å². The predicted octanol–water partition coefficient (Wildman–Crippen LogP) is 5.54. The molecule has 1 atom stereocenters. The molecule has 2 aliphatic rings. The monoisotopic (exact) mass is 433 g/mol. The Labute approximate surface area is 185 Å². The lowest BCUT2D eigenvalue weighted by atomic mass is 9.87. The lowest BCUT2D eigenvalue weighted by Crippen LogP contribution is -2.25. The Kier molecular flexibility index (Phi) is 5.02. The van der Waals surface area contributed by atoms with E-state index >= 15 is 0 Å². The second-order valence-electron chi connectivity index (χ2n) is 8.15. The molecular formula is C25H23NO4S. The predicted molar refractivity (Wildman–Crippen MR) is 120 cm³/mol. The van der Waals surface area contributed by atoms with E-state index in [0.29, 0.717) is 28.0 Å². The van der Waals surface area contributed by atoms with Gasteiger partial charge in [-0.1, -0.05) is 43.3 Å². The summed E-state index contributed by atoms with van der Waals surface area (Å²) in [5.74, 6) is 0.817. The molecule has 158 valence electrons. The summed E-state index contributed by atoms with van der Waals surface area (Å²) in [6, 6.07) is 15.2.